The molecule has 1 N–H and O–H groups in total. The van der Waals surface area contributed by atoms with Crippen molar-refractivity contribution in [1.82, 2.24) is 5.43 Å². The van der Waals surface area contributed by atoms with Crippen LogP contribution >= 0.6 is 0 Å². The van der Waals surface area contributed by atoms with Crippen molar-refractivity contribution in [3.05, 3.63) is 36.1 Å². The number of para-hydroxylation sites is 1. The van der Waals surface area contributed by atoms with Crippen LogP contribution in [0.25, 0.3) is 11.0 Å². The highest BCUT2D eigenvalue weighted by Crippen LogP contribution is 2.63. The molecule has 0 unspecified atom stereocenters. The summed E-state index contributed by atoms with van der Waals surface area (Å²) in [6, 6.07) is 9.37. The molecular weight excluding hydrogens is 288 g/mol. The van der Waals surface area contributed by atoms with Crippen molar-refractivity contribution in [1.29, 1.82) is 0 Å². The van der Waals surface area contributed by atoms with Gasteiger partial charge < -0.3 is 4.42 Å². The van der Waals surface area contributed by atoms with Crippen molar-refractivity contribution in [3.63, 3.8) is 0 Å². The highest BCUT2D eigenvalue weighted by atomic mass is 16.3. The molecule has 2 aliphatic carbocycles. The molecule has 1 aromatic heterocycles. The first-order valence-corrected chi connectivity index (χ1v) is 8.28. The number of furan rings is 1. The summed E-state index contributed by atoms with van der Waals surface area (Å²) in [5, 5.41) is 5.41. The topological polar surface area (TPSA) is 54.6 Å². The Balaban J connectivity index is 1.56. The summed E-state index contributed by atoms with van der Waals surface area (Å²) in [5.41, 5.74) is 4.91. The summed E-state index contributed by atoms with van der Waals surface area (Å²) in [4.78, 5) is 12.3. The number of amides is 1. The lowest BCUT2D eigenvalue weighted by molar-refractivity contribution is 0.0928. The Hall–Kier alpha value is -2.10. The van der Waals surface area contributed by atoms with Crippen LogP contribution in [0, 0.1) is 16.7 Å². The maximum absolute atomic E-state index is 12.3. The first-order chi connectivity index (χ1) is 10.9. The van der Waals surface area contributed by atoms with Crippen molar-refractivity contribution >= 4 is 22.6 Å². The summed E-state index contributed by atoms with van der Waals surface area (Å²) >= 11 is 0. The third kappa shape index (κ3) is 1.97. The molecule has 2 fully saturated rings. The molecule has 2 atom stereocenters. The maximum atomic E-state index is 12.3. The molecule has 0 spiro atoms. The van der Waals surface area contributed by atoms with Gasteiger partial charge in [-0.25, -0.2) is 5.43 Å². The number of nitrogens with one attached hydrogen (secondary N) is 1. The number of carbonyl (C=O) groups excluding carboxylic acids is 1. The van der Waals surface area contributed by atoms with E-state index in [1.807, 2.05) is 24.3 Å². The summed E-state index contributed by atoms with van der Waals surface area (Å²) in [5.74, 6) is 0.704. The van der Waals surface area contributed by atoms with Gasteiger partial charge in [-0.15, -0.1) is 0 Å². The minimum Gasteiger partial charge on any atom is -0.451 e. The van der Waals surface area contributed by atoms with Crippen LogP contribution in [0.4, 0.5) is 0 Å². The van der Waals surface area contributed by atoms with Gasteiger partial charge in [0.1, 0.15) is 5.58 Å². The molecule has 4 nitrogen and oxygen atoms in total. The van der Waals surface area contributed by atoms with Gasteiger partial charge in [0.25, 0.3) is 0 Å². The van der Waals surface area contributed by atoms with Gasteiger partial charge in [0, 0.05) is 16.5 Å². The molecule has 0 saturated heterocycles. The SMILES string of the molecule is CC1(C)[C@@H]2CC[C@]1(C)/C(=N/NC(=O)c1cc3ccccc3o1)C2. The van der Waals surface area contributed by atoms with Crippen molar-refractivity contribution in [2.75, 3.05) is 0 Å². The highest BCUT2D eigenvalue weighted by Gasteiger charge is 2.60. The van der Waals surface area contributed by atoms with Gasteiger partial charge in [-0.1, -0.05) is 39.0 Å². The second kappa shape index (κ2) is 4.70. The summed E-state index contributed by atoms with van der Waals surface area (Å²) in [6.07, 6.45) is 3.41. The zero-order chi connectivity index (χ0) is 16.2. The van der Waals surface area contributed by atoms with E-state index in [1.165, 1.54) is 6.42 Å². The van der Waals surface area contributed by atoms with Gasteiger partial charge >= 0.3 is 5.91 Å². The molecule has 1 aromatic carbocycles. The van der Waals surface area contributed by atoms with Crippen LogP contribution in [0.5, 0.6) is 0 Å². The normalized spacial score (nSPS) is 30.2. The second-order valence-corrected chi connectivity index (χ2v) is 7.64. The first kappa shape index (κ1) is 14.5. The van der Waals surface area contributed by atoms with Crippen LogP contribution in [-0.4, -0.2) is 11.6 Å². The van der Waals surface area contributed by atoms with Crippen molar-refractivity contribution in [2.24, 2.45) is 21.8 Å². The Morgan fingerprint density at radius 1 is 1.30 bits per heavy atom. The molecule has 0 radical (unpaired) electrons. The average Bonchev–Trinajstić information content (AvgIpc) is 3.11. The fraction of sp³-hybridized carbons (Fsp3) is 0.474. The number of rotatable bonds is 2. The average molecular weight is 310 g/mol. The smallest absolute Gasteiger partial charge is 0.307 e. The molecule has 2 saturated carbocycles. The van der Waals surface area contributed by atoms with Crippen LogP contribution in [0.1, 0.15) is 50.6 Å². The van der Waals surface area contributed by atoms with E-state index in [1.54, 1.807) is 6.07 Å². The van der Waals surface area contributed by atoms with Gasteiger partial charge in [0.2, 0.25) is 0 Å². The zero-order valence-corrected chi connectivity index (χ0v) is 13.8. The zero-order valence-electron chi connectivity index (χ0n) is 13.8. The maximum Gasteiger partial charge on any atom is 0.307 e. The monoisotopic (exact) mass is 310 g/mol. The van der Waals surface area contributed by atoms with Gasteiger partial charge in [0.05, 0.1) is 0 Å². The number of hydrogen-bond acceptors (Lipinski definition) is 3. The third-order valence-corrected chi connectivity index (χ3v) is 6.45. The minimum atomic E-state index is -0.280. The van der Waals surface area contributed by atoms with E-state index in [9.17, 15) is 4.79 Å². The molecular formula is C19H22N2O2. The van der Waals surface area contributed by atoms with E-state index in [4.69, 9.17) is 4.42 Å². The lowest BCUT2D eigenvalue weighted by Gasteiger charge is -2.34. The number of fused-ring (bicyclic) bond motifs is 3. The first-order valence-electron chi connectivity index (χ1n) is 8.28. The van der Waals surface area contributed by atoms with E-state index >= 15 is 0 Å². The minimum absolute atomic E-state index is 0.0961. The van der Waals surface area contributed by atoms with Gasteiger partial charge in [-0.05, 0) is 42.7 Å². The number of nitrogens with zero attached hydrogens (tertiary/aromatic N) is 1. The molecule has 2 bridgehead atoms. The summed E-state index contributed by atoms with van der Waals surface area (Å²) in [7, 11) is 0. The number of hydrazone groups is 1. The lowest BCUT2D eigenvalue weighted by atomic mass is 9.70. The van der Waals surface area contributed by atoms with E-state index in [2.05, 4.69) is 31.3 Å². The number of benzene rings is 1. The molecule has 4 rings (SSSR count). The van der Waals surface area contributed by atoms with E-state index in [0.717, 1.165) is 29.5 Å². The van der Waals surface area contributed by atoms with Gasteiger partial charge in [0.15, 0.2) is 5.76 Å². The number of carbonyl (C=O) groups is 1. The Bertz CT molecular complexity index is 785. The molecule has 4 heteroatoms. The van der Waals surface area contributed by atoms with Crippen LogP contribution in [-0.2, 0) is 0 Å². The standard InChI is InChI=1S/C19H22N2O2/c1-18(2)13-8-9-19(18,3)16(11-13)20-21-17(22)15-10-12-6-4-5-7-14(12)23-15/h4-7,10,13H,8-9,11H2,1-3H3,(H,21,22)/b20-16+/t13-,19-/m1/s1. The molecule has 1 amide bonds. The molecule has 1 heterocycles. The molecule has 0 aliphatic heterocycles. The predicted molar refractivity (Wildman–Crippen MR) is 90.3 cm³/mol. The quantitative estimate of drug-likeness (QED) is 0.838. The summed E-state index contributed by atoms with van der Waals surface area (Å²) < 4.78 is 5.59. The Labute approximate surface area is 135 Å². The Morgan fingerprint density at radius 2 is 2.09 bits per heavy atom. The molecule has 2 aliphatic rings. The van der Waals surface area contributed by atoms with Gasteiger partial charge in [-0.3, -0.25) is 4.79 Å². The summed E-state index contributed by atoms with van der Waals surface area (Å²) in [6.45, 7) is 6.94. The van der Waals surface area contributed by atoms with E-state index in [-0.39, 0.29) is 16.7 Å². The highest BCUT2D eigenvalue weighted by molar-refractivity contribution is 5.98. The Kier molecular flexibility index (Phi) is 2.96. The fourth-order valence-electron chi connectivity index (χ4n) is 4.36. The molecule has 120 valence electrons. The molecule has 23 heavy (non-hydrogen) atoms. The van der Waals surface area contributed by atoms with Crippen LogP contribution < -0.4 is 5.43 Å². The fourth-order valence-corrected chi connectivity index (χ4v) is 4.36. The molecule has 2 aromatic rings. The predicted octanol–water partition coefficient (Wildman–Crippen LogP) is 4.36. The van der Waals surface area contributed by atoms with Crippen molar-refractivity contribution in [2.45, 2.75) is 40.0 Å². The van der Waals surface area contributed by atoms with Crippen LogP contribution in [0.3, 0.4) is 0 Å². The Morgan fingerprint density at radius 3 is 2.74 bits per heavy atom. The van der Waals surface area contributed by atoms with Crippen LogP contribution in [0.2, 0.25) is 0 Å². The van der Waals surface area contributed by atoms with E-state index in [0.29, 0.717) is 11.7 Å². The van der Waals surface area contributed by atoms with Crippen LogP contribution in [0.15, 0.2) is 39.9 Å². The third-order valence-electron chi connectivity index (χ3n) is 6.45. The van der Waals surface area contributed by atoms with Crippen molar-refractivity contribution in [3.8, 4) is 0 Å². The number of hydrogen-bond donors (Lipinski definition) is 1. The van der Waals surface area contributed by atoms with Crippen molar-refractivity contribution < 1.29 is 9.21 Å². The lowest BCUT2D eigenvalue weighted by Crippen LogP contribution is -2.34. The van der Waals surface area contributed by atoms with E-state index < -0.39 is 0 Å². The largest absolute Gasteiger partial charge is 0.451 e. The second-order valence-electron chi connectivity index (χ2n) is 7.64. The van der Waals surface area contributed by atoms with Gasteiger partial charge in [-0.2, -0.15) is 5.10 Å².